The fourth-order valence-corrected chi connectivity index (χ4v) is 6.67. The van der Waals surface area contributed by atoms with Gasteiger partial charge in [-0.2, -0.15) is 0 Å². The van der Waals surface area contributed by atoms with Gasteiger partial charge in [-0.15, -0.1) is 0 Å². The Balaban J connectivity index is 3.60. The lowest BCUT2D eigenvalue weighted by atomic mass is 9.98. The molecule has 0 unspecified atom stereocenters. The Kier molecular flexibility index (Phi) is 37.4. The van der Waals surface area contributed by atoms with Crippen LogP contribution in [0.3, 0.4) is 0 Å². The highest BCUT2D eigenvalue weighted by atomic mass is 16.2. The fourth-order valence-electron chi connectivity index (χ4n) is 6.67. The second-order valence-corrected chi connectivity index (χ2v) is 15.3. The quantitative estimate of drug-likeness (QED) is 0.0506. The highest BCUT2D eigenvalue weighted by molar-refractivity contribution is 5.76. The van der Waals surface area contributed by atoms with Crippen molar-refractivity contribution in [2.45, 2.75) is 246 Å². The second-order valence-electron chi connectivity index (χ2n) is 15.3. The van der Waals surface area contributed by atoms with E-state index in [0.29, 0.717) is 18.8 Å². The van der Waals surface area contributed by atoms with E-state index in [1.807, 2.05) is 0 Å². The van der Waals surface area contributed by atoms with Gasteiger partial charge in [-0.05, 0) is 63.7 Å². The van der Waals surface area contributed by atoms with Crippen LogP contribution in [0.2, 0.25) is 0 Å². The zero-order chi connectivity index (χ0) is 35.2. The summed E-state index contributed by atoms with van der Waals surface area (Å²) in [5.74, 6) is 0.854. The van der Waals surface area contributed by atoms with Crippen LogP contribution in [0, 0.1) is 5.92 Å². The molecule has 2 amide bonds. The molecule has 2 N–H and O–H groups in total. The summed E-state index contributed by atoms with van der Waals surface area (Å²) in [5.41, 5.74) is 0. The van der Waals surface area contributed by atoms with Gasteiger partial charge >= 0.3 is 0 Å². The number of hydrogen-bond donors (Lipinski definition) is 2. The lowest BCUT2D eigenvalue weighted by Crippen LogP contribution is -2.38. The van der Waals surface area contributed by atoms with E-state index in [-0.39, 0.29) is 17.9 Å². The minimum absolute atomic E-state index is 0.199. The van der Waals surface area contributed by atoms with Crippen LogP contribution in [0.25, 0.3) is 0 Å². The average molecular weight is 675 g/mol. The minimum atomic E-state index is 0.199. The van der Waals surface area contributed by atoms with Crippen LogP contribution in [-0.2, 0) is 9.59 Å². The SMILES string of the molecule is CCCCCCCC/C=C\CCCCCCCC(=O)NCCCC[C@H](NC(=O)CCCCCCCCCCCCCCCCC)C(C)C. The monoisotopic (exact) mass is 675 g/mol. The molecule has 0 bridgehead atoms. The summed E-state index contributed by atoms with van der Waals surface area (Å²) in [7, 11) is 0. The molecule has 0 heterocycles. The van der Waals surface area contributed by atoms with Crippen LogP contribution in [-0.4, -0.2) is 24.4 Å². The third-order valence-corrected chi connectivity index (χ3v) is 10.1. The molecule has 0 aliphatic carbocycles. The van der Waals surface area contributed by atoms with Gasteiger partial charge in [0, 0.05) is 25.4 Å². The lowest BCUT2D eigenvalue weighted by molar-refractivity contribution is -0.122. The van der Waals surface area contributed by atoms with Gasteiger partial charge in [-0.25, -0.2) is 0 Å². The van der Waals surface area contributed by atoms with E-state index in [1.165, 1.54) is 161 Å². The van der Waals surface area contributed by atoms with Crippen molar-refractivity contribution in [3.8, 4) is 0 Å². The van der Waals surface area contributed by atoms with Crippen LogP contribution in [0.1, 0.15) is 240 Å². The first kappa shape index (κ1) is 46.7. The average Bonchev–Trinajstić information content (AvgIpc) is 3.07. The minimum Gasteiger partial charge on any atom is -0.356 e. The van der Waals surface area contributed by atoms with Crippen molar-refractivity contribution in [2.75, 3.05) is 6.54 Å². The first-order chi connectivity index (χ1) is 23.5. The highest BCUT2D eigenvalue weighted by Crippen LogP contribution is 2.15. The Bertz CT molecular complexity index is 704. The Labute approximate surface area is 301 Å². The molecule has 0 saturated carbocycles. The molecule has 0 spiro atoms. The zero-order valence-electron chi connectivity index (χ0n) is 33.2. The Morgan fingerprint density at radius 1 is 0.458 bits per heavy atom. The molecule has 0 saturated heterocycles. The van der Waals surface area contributed by atoms with Gasteiger partial charge in [0.05, 0.1) is 0 Å². The van der Waals surface area contributed by atoms with Gasteiger partial charge in [-0.3, -0.25) is 9.59 Å². The van der Waals surface area contributed by atoms with Gasteiger partial charge < -0.3 is 10.6 Å². The molecular formula is C44H86N2O2. The Morgan fingerprint density at radius 3 is 1.25 bits per heavy atom. The maximum absolute atomic E-state index is 12.6. The van der Waals surface area contributed by atoms with Crippen molar-refractivity contribution in [2.24, 2.45) is 5.92 Å². The van der Waals surface area contributed by atoms with E-state index < -0.39 is 0 Å². The van der Waals surface area contributed by atoms with Crippen LogP contribution in [0.4, 0.5) is 0 Å². The maximum Gasteiger partial charge on any atom is 0.220 e. The number of allylic oxidation sites excluding steroid dienone is 2. The van der Waals surface area contributed by atoms with Crippen molar-refractivity contribution in [3.63, 3.8) is 0 Å². The van der Waals surface area contributed by atoms with Crippen LogP contribution >= 0.6 is 0 Å². The molecule has 1 atom stereocenters. The summed E-state index contributed by atoms with van der Waals surface area (Å²) in [6.45, 7) is 9.72. The molecule has 0 radical (unpaired) electrons. The molecule has 0 rings (SSSR count). The number of carbonyl (C=O) groups is 2. The summed E-state index contributed by atoms with van der Waals surface area (Å²) < 4.78 is 0. The molecule has 0 aromatic carbocycles. The Hall–Kier alpha value is -1.32. The van der Waals surface area contributed by atoms with Crippen LogP contribution < -0.4 is 10.6 Å². The van der Waals surface area contributed by atoms with Crippen molar-refractivity contribution in [1.82, 2.24) is 10.6 Å². The largest absolute Gasteiger partial charge is 0.356 e. The van der Waals surface area contributed by atoms with Crippen LogP contribution in [0.5, 0.6) is 0 Å². The summed E-state index contributed by atoms with van der Waals surface area (Å²) in [6, 6.07) is 0.236. The van der Waals surface area contributed by atoms with Gasteiger partial charge in [-0.1, -0.05) is 181 Å². The van der Waals surface area contributed by atoms with Crippen molar-refractivity contribution in [3.05, 3.63) is 12.2 Å². The molecule has 284 valence electrons. The molecular weight excluding hydrogens is 588 g/mol. The first-order valence-corrected chi connectivity index (χ1v) is 21.7. The Morgan fingerprint density at radius 2 is 0.833 bits per heavy atom. The number of rotatable bonds is 38. The summed E-state index contributed by atoms with van der Waals surface area (Å²) >= 11 is 0. The topological polar surface area (TPSA) is 58.2 Å². The van der Waals surface area contributed by atoms with E-state index >= 15 is 0 Å². The van der Waals surface area contributed by atoms with Crippen LogP contribution in [0.15, 0.2) is 12.2 Å². The smallest absolute Gasteiger partial charge is 0.220 e. The summed E-state index contributed by atoms with van der Waals surface area (Å²) in [4.78, 5) is 24.8. The molecule has 0 aromatic rings. The van der Waals surface area contributed by atoms with E-state index in [2.05, 4.69) is 50.5 Å². The number of amides is 2. The van der Waals surface area contributed by atoms with E-state index in [1.54, 1.807) is 0 Å². The number of nitrogens with one attached hydrogen (secondary N) is 2. The first-order valence-electron chi connectivity index (χ1n) is 21.7. The predicted molar refractivity (Wildman–Crippen MR) is 213 cm³/mol. The molecule has 0 aliphatic heterocycles. The van der Waals surface area contributed by atoms with Gasteiger partial charge in [0.15, 0.2) is 0 Å². The van der Waals surface area contributed by atoms with Gasteiger partial charge in [0.1, 0.15) is 0 Å². The maximum atomic E-state index is 12.6. The molecule has 48 heavy (non-hydrogen) atoms. The molecule has 0 aliphatic rings. The number of hydrogen-bond acceptors (Lipinski definition) is 2. The van der Waals surface area contributed by atoms with E-state index in [4.69, 9.17) is 0 Å². The normalized spacial score (nSPS) is 12.3. The second kappa shape index (κ2) is 38.5. The standard InChI is InChI=1S/C44H86N2O2/c1-5-7-9-11-13-15-17-19-21-23-25-27-29-31-33-38-43(47)45-40-36-35-37-42(41(3)4)46-44(48)39-34-32-30-28-26-24-22-20-18-16-14-12-10-8-6-2/h19,21,41-42H,5-18,20,22-40H2,1-4H3,(H,45,47)(H,46,48)/b21-19-/t42-/m0/s1. The predicted octanol–water partition coefficient (Wildman–Crippen LogP) is 13.7. The van der Waals surface area contributed by atoms with E-state index in [0.717, 1.165) is 45.1 Å². The summed E-state index contributed by atoms with van der Waals surface area (Å²) in [6.07, 6.45) is 46.0. The summed E-state index contributed by atoms with van der Waals surface area (Å²) in [5, 5.41) is 6.42. The number of unbranched alkanes of at least 4 members (excludes halogenated alkanes) is 26. The van der Waals surface area contributed by atoms with Gasteiger partial charge in [0.2, 0.25) is 11.8 Å². The zero-order valence-corrected chi connectivity index (χ0v) is 33.2. The van der Waals surface area contributed by atoms with Crippen molar-refractivity contribution >= 4 is 11.8 Å². The third kappa shape index (κ3) is 36.0. The van der Waals surface area contributed by atoms with Gasteiger partial charge in [0.25, 0.3) is 0 Å². The van der Waals surface area contributed by atoms with Crippen molar-refractivity contribution in [1.29, 1.82) is 0 Å². The molecule has 4 heteroatoms. The number of carbonyl (C=O) groups excluding carboxylic acids is 2. The highest BCUT2D eigenvalue weighted by Gasteiger charge is 2.15. The molecule has 4 nitrogen and oxygen atoms in total. The fraction of sp³-hybridized carbons (Fsp3) is 0.909. The third-order valence-electron chi connectivity index (χ3n) is 10.1. The molecule has 0 fully saturated rings. The lowest BCUT2D eigenvalue weighted by Gasteiger charge is -2.22. The molecule has 0 aromatic heterocycles. The van der Waals surface area contributed by atoms with E-state index in [9.17, 15) is 9.59 Å². The van der Waals surface area contributed by atoms with Crippen molar-refractivity contribution < 1.29 is 9.59 Å².